The summed E-state index contributed by atoms with van der Waals surface area (Å²) >= 11 is 0. The highest BCUT2D eigenvalue weighted by Gasteiger charge is 2.08. The van der Waals surface area contributed by atoms with E-state index in [9.17, 15) is 0 Å². The Balaban J connectivity index is 0.00000312. The Labute approximate surface area is 168 Å². The zero-order valence-electron chi connectivity index (χ0n) is 15.6. The fraction of sp³-hybridized carbons (Fsp3) is 0.421. The highest BCUT2D eigenvalue weighted by atomic mass is 127. The summed E-state index contributed by atoms with van der Waals surface area (Å²) in [6.45, 7) is 2.75. The lowest BCUT2D eigenvalue weighted by molar-refractivity contribution is 0.461. The summed E-state index contributed by atoms with van der Waals surface area (Å²) in [5, 5.41) is 3.45. The molecule has 0 amide bonds. The van der Waals surface area contributed by atoms with Crippen LogP contribution in [-0.2, 0) is 13.6 Å². The van der Waals surface area contributed by atoms with E-state index in [4.69, 9.17) is 0 Å². The number of aliphatic imine (C=N–C) groups is 1. The van der Waals surface area contributed by atoms with Crippen molar-refractivity contribution in [2.24, 2.45) is 12.0 Å². The molecule has 6 heteroatoms. The summed E-state index contributed by atoms with van der Waals surface area (Å²) in [4.78, 5) is 8.81. The van der Waals surface area contributed by atoms with E-state index in [1.165, 1.54) is 11.4 Å². The van der Waals surface area contributed by atoms with Crippen LogP contribution in [0.15, 0.2) is 53.7 Å². The van der Waals surface area contributed by atoms with Crippen LogP contribution >= 0.6 is 24.0 Å². The predicted molar refractivity (Wildman–Crippen MR) is 118 cm³/mol. The number of hydrogen-bond donors (Lipinski definition) is 1. The first-order chi connectivity index (χ1) is 11.6. The van der Waals surface area contributed by atoms with Gasteiger partial charge in [0, 0.05) is 58.9 Å². The van der Waals surface area contributed by atoms with Crippen LogP contribution in [0.5, 0.6) is 0 Å². The van der Waals surface area contributed by atoms with Gasteiger partial charge in [-0.25, -0.2) is 0 Å². The van der Waals surface area contributed by atoms with Crippen LogP contribution in [-0.4, -0.2) is 49.7 Å². The largest absolute Gasteiger partial charge is 0.375 e. The average Bonchev–Trinajstić information content (AvgIpc) is 3.00. The molecular weight excluding hydrogens is 425 g/mol. The van der Waals surface area contributed by atoms with E-state index in [2.05, 4.69) is 88.4 Å². The summed E-state index contributed by atoms with van der Waals surface area (Å²) in [5.74, 6) is 0.929. The molecule has 0 aliphatic rings. The quantitative estimate of drug-likeness (QED) is 0.302. The normalized spacial score (nSPS) is 11.0. The molecule has 2 aromatic rings. The minimum absolute atomic E-state index is 0. The van der Waals surface area contributed by atoms with Gasteiger partial charge in [0.1, 0.15) is 0 Å². The van der Waals surface area contributed by atoms with E-state index in [1.54, 1.807) is 0 Å². The fourth-order valence-corrected chi connectivity index (χ4v) is 2.69. The van der Waals surface area contributed by atoms with Crippen LogP contribution < -0.4 is 10.2 Å². The lowest BCUT2D eigenvalue weighted by atomic mass is 10.3. The third-order valence-corrected chi connectivity index (χ3v) is 4.17. The lowest BCUT2D eigenvalue weighted by Gasteiger charge is -2.23. The molecular formula is C19H30IN5. The maximum Gasteiger partial charge on any atom is 0.193 e. The second-order valence-corrected chi connectivity index (χ2v) is 6.05. The van der Waals surface area contributed by atoms with Crippen LogP contribution in [0.2, 0.25) is 0 Å². The van der Waals surface area contributed by atoms with Gasteiger partial charge in [-0.1, -0.05) is 18.2 Å². The van der Waals surface area contributed by atoms with Crippen LogP contribution in [0.1, 0.15) is 12.1 Å². The maximum absolute atomic E-state index is 4.38. The molecule has 138 valence electrons. The SMILES string of the molecule is CN=C(NCCCN(C)c1ccccc1)N(C)Cc1cccn1C.I. The predicted octanol–water partition coefficient (Wildman–Crippen LogP) is 3.18. The first-order valence-electron chi connectivity index (χ1n) is 8.40. The molecule has 1 heterocycles. The fourth-order valence-electron chi connectivity index (χ4n) is 2.69. The van der Waals surface area contributed by atoms with Crippen molar-refractivity contribution in [3.8, 4) is 0 Å². The molecule has 0 unspecified atom stereocenters. The van der Waals surface area contributed by atoms with E-state index >= 15 is 0 Å². The lowest BCUT2D eigenvalue weighted by Crippen LogP contribution is -2.39. The summed E-state index contributed by atoms with van der Waals surface area (Å²) in [5.41, 5.74) is 2.52. The van der Waals surface area contributed by atoms with Crippen molar-refractivity contribution in [3.05, 3.63) is 54.4 Å². The van der Waals surface area contributed by atoms with E-state index in [1.807, 2.05) is 13.1 Å². The Morgan fingerprint density at radius 1 is 1.12 bits per heavy atom. The molecule has 0 saturated heterocycles. The van der Waals surface area contributed by atoms with Gasteiger partial charge in [0.25, 0.3) is 0 Å². The van der Waals surface area contributed by atoms with Crippen molar-refractivity contribution in [2.75, 3.05) is 39.1 Å². The molecule has 0 radical (unpaired) electrons. The molecule has 0 atom stereocenters. The number of nitrogens with zero attached hydrogens (tertiary/aromatic N) is 4. The van der Waals surface area contributed by atoms with E-state index in [-0.39, 0.29) is 24.0 Å². The zero-order valence-corrected chi connectivity index (χ0v) is 18.0. The Morgan fingerprint density at radius 3 is 2.44 bits per heavy atom. The number of hydrogen-bond acceptors (Lipinski definition) is 2. The van der Waals surface area contributed by atoms with Crippen LogP contribution in [0.3, 0.4) is 0 Å². The molecule has 25 heavy (non-hydrogen) atoms. The third-order valence-electron chi connectivity index (χ3n) is 4.17. The first kappa shape index (κ1) is 21.3. The number of rotatable bonds is 7. The minimum atomic E-state index is 0. The molecule has 1 aromatic carbocycles. The van der Waals surface area contributed by atoms with Gasteiger partial charge in [0.15, 0.2) is 5.96 Å². The molecule has 0 bridgehead atoms. The number of aromatic nitrogens is 1. The Hall–Kier alpha value is -1.70. The Kier molecular flexibility index (Phi) is 9.41. The summed E-state index contributed by atoms with van der Waals surface area (Å²) in [7, 11) is 8.10. The monoisotopic (exact) mass is 455 g/mol. The highest BCUT2D eigenvalue weighted by molar-refractivity contribution is 14.0. The second kappa shape index (κ2) is 11.0. The maximum atomic E-state index is 4.38. The molecule has 0 spiro atoms. The van der Waals surface area contributed by atoms with Crippen molar-refractivity contribution in [1.82, 2.24) is 14.8 Å². The second-order valence-electron chi connectivity index (χ2n) is 6.05. The van der Waals surface area contributed by atoms with Crippen LogP contribution in [0.25, 0.3) is 0 Å². The molecule has 0 aliphatic carbocycles. The molecule has 0 saturated carbocycles. The smallest absolute Gasteiger partial charge is 0.193 e. The van der Waals surface area contributed by atoms with Gasteiger partial charge in [0.05, 0.1) is 6.54 Å². The molecule has 1 N–H and O–H groups in total. The van der Waals surface area contributed by atoms with E-state index < -0.39 is 0 Å². The number of nitrogens with one attached hydrogen (secondary N) is 1. The first-order valence-corrected chi connectivity index (χ1v) is 8.40. The summed E-state index contributed by atoms with van der Waals surface area (Å²) in [6, 6.07) is 14.7. The van der Waals surface area contributed by atoms with Crippen molar-refractivity contribution in [2.45, 2.75) is 13.0 Å². The van der Waals surface area contributed by atoms with Crippen molar-refractivity contribution >= 4 is 35.6 Å². The van der Waals surface area contributed by atoms with Gasteiger partial charge < -0.3 is 19.7 Å². The summed E-state index contributed by atoms with van der Waals surface area (Å²) < 4.78 is 2.14. The van der Waals surface area contributed by atoms with Gasteiger partial charge in [-0.2, -0.15) is 0 Å². The number of halogens is 1. The van der Waals surface area contributed by atoms with Gasteiger partial charge in [-0.15, -0.1) is 24.0 Å². The summed E-state index contributed by atoms with van der Waals surface area (Å²) in [6.07, 6.45) is 3.13. The number of benzene rings is 1. The van der Waals surface area contributed by atoms with Gasteiger partial charge in [-0.3, -0.25) is 4.99 Å². The third kappa shape index (κ3) is 6.61. The number of aryl methyl sites for hydroxylation is 1. The van der Waals surface area contributed by atoms with Crippen molar-refractivity contribution < 1.29 is 0 Å². The van der Waals surface area contributed by atoms with Crippen LogP contribution in [0.4, 0.5) is 5.69 Å². The van der Waals surface area contributed by atoms with Gasteiger partial charge in [-0.05, 0) is 30.7 Å². The Morgan fingerprint density at radius 2 is 1.84 bits per heavy atom. The standard InChI is InChI=1S/C19H29N5.HI/c1-20-19(24(4)16-18-12-8-14-23(18)3)21-13-9-15-22(2)17-10-6-5-7-11-17;/h5-8,10-12,14H,9,13,15-16H2,1-4H3,(H,20,21);1H. The Bertz CT molecular complexity index is 638. The van der Waals surface area contributed by atoms with Crippen LogP contribution in [0, 0.1) is 0 Å². The van der Waals surface area contributed by atoms with Gasteiger partial charge >= 0.3 is 0 Å². The highest BCUT2D eigenvalue weighted by Crippen LogP contribution is 2.10. The molecule has 1 aromatic heterocycles. The average molecular weight is 455 g/mol. The molecule has 0 fully saturated rings. The molecule has 2 rings (SSSR count). The van der Waals surface area contributed by atoms with Crippen molar-refractivity contribution in [3.63, 3.8) is 0 Å². The van der Waals surface area contributed by atoms with E-state index in [0.29, 0.717) is 0 Å². The zero-order chi connectivity index (χ0) is 17.4. The molecule has 0 aliphatic heterocycles. The topological polar surface area (TPSA) is 35.8 Å². The number of para-hydroxylation sites is 1. The number of anilines is 1. The minimum Gasteiger partial charge on any atom is -0.375 e. The molecule has 5 nitrogen and oxygen atoms in total. The van der Waals surface area contributed by atoms with Gasteiger partial charge in [0.2, 0.25) is 0 Å². The van der Waals surface area contributed by atoms with E-state index in [0.717, 1.165) is 32.0 Å². The van der Waals surface area contributed by atoms with Crippen molar-refractivity contribution in [1.29, 1.82) is 0 Å². The number of guanidine groups is 1.